The van der Waals surface area contributed by atoms with Crippen LogP contribution in [-0.2, 0) is 11.2 Å². The van der Waals surface area contributed by atoms with Gasteiger partial charge in [-0.25, -0.2) is 4.39 Å². The summed E-state index contributed by atoms with van der Waals surface area (Å²) < 4.78 is 15.2. The molecule has 0 spiro atoms. The number of primary amides is 1. The van der Waals surface area contributed by atoms with Gasteiger partial charge in [0.2, 0.25) is 5.91 Å². The van der Waals surface area contributed by atoms with Crippen LogP contribution in [0, 0.1) is 19.7 Å². The number of amides is 1. The third-order valence-electron chi connectivity index (χ3n) is 5.74. The van der Waals surface area contributed by atoms with Crippen LogP contribution in [-0.4, -0.2) is 36.1 Å². The Hall–Kier alpha value is -2.08. The normalized spacial score (nSPS) is 20.7. The van der Waals surface area contributed by atoms with Crippen molar-refractivity contribution in [2.45, 2.75) is 58.0 Å². The van der Waals surface area contributed by atoms with Gasteiger partial charge in [0.1, 0.15) is 5.82 Å². The van der Waals surface area contributed by atoms with E-state index in [2.05, 4.69) is 15.2 Å². The van der Waals surface area contributed by atoms with Crippen LogP contribution in [0.5, 0.6) is 0 Å². The molecule has 1 saturated carbocycles. The lowest BCUT2D eigenvalue weighted by Gasteiger charge is -2.36. The summed E-state index contributed by atoms with van der Waals surface area (Å²) in [5.74, 6) is -0.710. The van der Waals surface area contributed by atoms with Crippen LogP contribution in [0.25, 0.3) is 10.9 Å². The highest BCUT2D eigenvalue weighted by atomic mass is 19.1. The molecule has 4 rings (SSSR count). The Labute approximate surface area is 153 Å². The molecule has 1 aromatic heterocycles. The van der Waals surface area contributed by atoms with E-state index in [9.17, 15) is 4.79 Å². The Kier molecular flexibility index (Phi) is 4.39. The maximum atomic E-state index is 15.2. The topological polar surface area (TPSA) is 74.2 Å². The number of halogens is 1. The lowest BCUT2D eigenvalue weighted by molar-refractivity contribution is -0.117. The van der Waals surface area contributed by atoms with Gasteiger partial charge < -0.3 is 20.9 Å². The van der Waals surface area contributed by atoms with Crippen molar-refractivity contribution in [2.24, 2.45) is 5.73 Å². The second-order valence-electron chi connectivity index (χ2n) is 7.86. The van der Waals surface area contributed by atoms with Crippen LogP contribution < -0.4 is 16.0 Å². The predicted molar refractivity (Wildman–Crippen MR) is 102 cm³/mol. The van der Waals surface area contributed by atoms with Gasteiger partial charge in [0.05, 0.1) is 17.6 Å². The highest BCUT2D eigenvalue weighted by molar-refractivity contribution is 6.00. The number of H-pyrrole nitrogens is 1. The quantitative estimate of drug-likeness (QED) is 0.769. The summed E-state index contributed by atoms with van der Waals surface area (Å²) in [6.07, 6.45) is 4.75. The minimum atomic E-state index is -0.449. The van der Waals surface area contributed by atoms with Crippen molar-refractivity contribution in [3.63, 3.8) is 0 Å². The minimum Gasteiger partial charge on any atom is -0.369 e. The Balaban J connectivity index is 1.76. The molecule has 0 bridgehead atoms. The van der Waals surface area contributed by atoms with Gasteiger partial charge in [-0.05, 0) is 56.7 Å². The first-order valence-corrected chi connectivity index (χ1v) is 9.53. The third kappa shape index (κ3) is 3.18. The fourth-order valence-corrected chi connectivity index (χ4v) is 4.20. The SMILES string of the molecule is Cc1[nH]c2c(CC(N)=O)cc(F)c(N3CCC[C@H](NC4CC4)C3)c2c1C. The van der Waals surface area contributed by atoms with Crippen LogP contribution in [0.3, 0.4) is 0 Å². The number of anilines is 1. The molecule has 4 N–H and O–H groups in total. The molecule has 1 aromatic carbocycles. The monoisotopic (exact) mass is 358 g/mol. The van der Waals surface area contributed by atoms with Crippen LogP contribution in [0.1, 0.15) is 42.5 Å². The highest BCUT2D eigenvalue weighted by Gasteiger charge is 2.30. The smallest absolute Gasteiger partial charge is 0.221 e. The van der Waals surface area contributed by atoms with Gasteiger partial charge in [0.15, 0.2) is 0 Å². The molecule has 0 unspecified atom stereocenters. The molecule has 1 aliphatic heterocycles. The maximum Gasteiger partial charge on any atom is 0.221 e. The Morgan fingerprint density at radius 3 is 2.81 bits per heavy atom. The first-order valence-electron chi connectivity index (χ1n) is 9.53. The second-order valence-corrected chi connectivity index (χ2v) is 7.86. The summed E-state index contributed by atoms with van der Waals surface area (Å²) in [6, 6.07) is 2.55. The summed E-state index contributed by atoms with van der Waals surface area (Å²) in [4.78, 5) is 16.9. The molecule has 2 aromatic rings. The molecule has 0 radical (unpaired) electrons. The van der Waals surface area contributed by atoms with E-state index >= 15 is 4.39 Å². The number of aromatic nitrogens is 1. The van der Waals surface area contributed by atoms with Gasteiger partial charge in [-0.1, -0.05) is 0 Å². The number of hydrogen-bond donors (Lipinski definition) is 3. The molecule has 2 fully saturated rings. The molecular weight excluding hydrogens is 331 g/mol. The largest absolute Gasteiger partial charge is 0.369 e. The van der Waals surface area contributed by atoms with Crippen molar-refractivity contribution in [3.8, 4) is 0 Å². The number of aryl methyl sites for hydroxylation is 2. The zero-order valence-corrected chi connectivity index (χ0v) is 15.5. The van der Waals surface area contributed by atoms with E-state index in [1.165, 1.54) is 18.9 Å². The highest BCUT2D eigenvalue weighted by Crippen LogP contribution is 2.37. The fourth-order valence-electron chi connectivity index (χ4n) is 4.20. The fraction of sp³-hybridized carbons (Fsp3) is 0.550. The van der Waals surface area contributed by atoms with Crippen LogP contribution in [0.2, 0.25) is 0 Å². The molecule has 2 aliphatic rings. The molecule has 1 aliphatic carbocycles. The minimum absolute atomic E-state index is 0.0406. The van der Waals surface area contributed by atoms with E-state index in [4.69, 9.17) is 5.73 Å². The number of aromatic amines is 1. The molecular formula is C20H27FN4O. The molecule has 26 heavy (non-hydrogen) atoms. The molecule has 2 heterocycles. The predicted octanol–water partition coefficient (Wildman–Crippen LogP) is 2.67. The van der Waals surface area contributed by atoms with Crippen LogP contribution in [0.15, 0.2) is 6.07 Å². The number of benzene rings is 1. The van der Waals surface area contributed by atoms with Crippen molar-refractivity contribution in [3.05, 3.63) is 28.7 Å². The first kappa shape index (κ1) is 17.3. The van der Waals surface area contributed by atoms with Crippen molar-refractivity contribution in [1.29, 1.82) is 0 Å². The molecule has 140 valence electrons. The number of carbonyl (C=O) groups excluding carboxylic acids is 1. The summed E-state index contributed by atoms with van der Waals surface area (Å²) >= 11 is 0. The summed E-state index contributed by atoms with van der Waals surface area (Å²) in [6.45, 7) is 5.67. The van der Waals surface area contributed by atoms with Gasteiger partial charge in [-0.15, -0.1) is 0 Å². The molecule has 5 nitrogen and oxygen atoms in total. The molecule has 6 heteroatoms. The molecule has 1 atom stereocenters. The van der Waals surface area contributed by atoms with E-state index in [0.29, 0.717) is 23.3 Å². The summed E-state index contributed by atoms with van der Waals surface area (Å²) in [7, 11) is 0. The van der Waals surface area contributed by atoms with Crippen LogP contribution >= 0.6 is 0 Å². The number of nitrogens with two attached hydrogens (primary N) is 1. The lowest BCUT2D eigenvalue weighted by atomic mass is 9.99. The van der Waals surface area contributed by atoms with Gasteiger partial charge in [0.25, 0.3) is 0 Å². The van der Waals surface area contributed by atoms with E-state index < -0.39 is 5.91 Å². The zero-order valence-electron chi connectivity index (χ0n) is 15.5. The number of piperidine rings is 1. The average Bonchev–Trinajstić information content (AvgIpc) is 3.34. The van der Waals surface area contributed by atoms with E-state index in [0.717, 1.165) is 48.1 Å². The zero-order chi connectivity index (χ0) is 18.4. The second kappa shape index (κ2) is 6.58. The van der Waals surface area contributed by atoms with Crippen molar-refractivity contribution in [1.82, 2.24) is 10.3 Å². The standard InChI is InChI=1S/C20H27FN4O/c1-11-12(2)23-19-13(9-17(22)26)8-16(21)20(18(11)19)25-7-3-4-15(10-25)24-14-5-6-14/h8,14-15,23-24H,3-7,9-10H2,1-2H3,(H2,22,26)/t15-/m0/s1. The van der Waals surface area contributed by atoms with Gasteiger partial charge in [-0.3, -0.25) is 4.79 Å². The van der Waals surface area contributed by atoms with E-state index in [1.54, 1.807) is 0 Å². The third-order valence-corrected chi connectivity index (χ3v) is 5.74. The molecule has 1 amide bonds. The van der Waals surface area contributed by atoms with Crippen LogP contribution in [0.4, 0.5) is 10.1 Å². The van der Waals surface area contributed by atoms with Crippen molar-refractivity contribution < 1.29 is 9.18 Å². The van der Waals surface area contributed by atoms with Crippen molar-refractivity contribution >= 4 is 22.5 Å². The number of hydrogen-bond acceptors (Lipinski definition) is 3. The number of nitrogens with one attached hydrogen (secondary N) is 2. The Bertz CT molecular complexity index is 855. The van der Waals surface area contributed by atoms with Gasteiger partial charge in [0, 0.05) is 36.3 Å². The number of nitrogens with zero attached hydrogens (tertiary/aromatic N) is 1. The van der Waals surface area contributed by atoms with E-state index in [1.807, 2.05) is 13.8 Å². The number of rotatable bonds is 5. The summed E-state index contributed by atoms with van der Waals surface area (Å²) in [5.41, 5.74) is 9.55. The lowest BCUT2D eigenvalue weighted by Crippen LogP contribution is -2.46. The molecule has 1 saturated heterocycles. The average molecular weight is 358 g/mol. The first-order chi connectivity index (χ1) is 12.4. The van der Waals surface area contributed by atoms with Gasteiger partial charge >= 0.3 is 0 Å². The van der Waals surface area contributed by atoms with Crippen molar-refractivity contribution in [2.75, 3.05) is 18.0 Å². The van der Waals surface area contributed by atoms with Gasteiger partial charge in [-0.2, -0.15) is 0 Å². The van der Waals surface area contributed by atoms with E-state index in [-0.39, 0.29) is 12.2 Å². The summed E-state index contributed by atoms with van der Waals surface area (Å²) in [5, 5.41) is 4.58. The number of fused-ring (bicyclic) bond motifs is 1. The Morgan fingerprint density at radius 1 is 1.35 bits per heavy atom. The number of carbonyl (C=O) groups is 1. The maximum absolute atomic E-state index is 15.2. The Morgan fingerprint density at radius 2 is 2.12 bits per heavy atom.